The van der Waals surface area contributed by atoms with E-state index in [0.29, 0.717) is 37.7 Å². The van der Waals surface area contributed by atoms with Crippen molar-refractivity contribution in [1.29, 1.82) is 0 Å². The molecule has 256 valence electrons. The van der Waals surface area contributed by atoms with E-state index in [1.165, 1.54) is 22.3 Å². The molecule has 5 N–H and O–H groups in total. The third-order valence-corrected chi connectivity index (χ3v) is 11.0. The van der Waals surface area contributed by atoms with Gasteiger partial charge in [0.2, 0.25) is 6.41 Å². The molecule has 1 aromatic carbocycles. The Morgan fingerprint density at radius 3 is 2.47 bits per heavy atom. The standard InChI is InChI=1S/C30H38N4O10S3/c1-19-30(2,9-6-13-46(39,40)41)23-17-22(28-21(8-12-45-28)27(23)32-19)20-15-24(29(38)31-10-14-47(42,43)44)33-25(16-20)34(18-35)11-5-3-4-7-26(36)37/h8,12,15-19,32H,3-7,9-11,13-14H2,1-2H3,(H,31,38)(H,36,37)(H,39,40,41)(H,42,43,44). The van der Waals surface area contributed by atoms with Crippen molar-refractivity contribution < 1.29 is 45.4 Å². The molecule has 0 fully saturated rings. The van der Waals surface area contributed by atoms with Gasteiger partial charge >= 0.3 is 5.97 Å². The number of hydrogen-bond acceptors (Lipinski definition) is 10. The van der Waals surface area contributed by atoms with Gasteiger partial charge in [0, 0.05) is 52.3 Å². The number of unbranched alkanes of at least 4 members (excludes halogenated alkanes) is 2. The quantitative estimate of drug-likeness (QED) is 0.0764. The lowest BCUT2D eigenvalue weighted by Crippen LogP contribution is -2.34. The van der Waals surface area contributed by atoms with Gasteiger partial charge in [-0.25, -0.2) is 4.98 Å². The summed E-state index contributed by atoms with van der Waals surface area (Å²) in [5.41, 5.74) is 2.47. The molecule has 3 heterocycles. The molecular formula is C30H38N4O10S3. The third-order valence-electron chi connectivity index (χ3n) is 8.48. The average Bonchev–Trinajstić information content (AvgIpc) is 3.56. The number of anilines is 2. The number of amides is 2. The molecule has 4 rings (SSSR count). The molecule has 14 nitrogen and oxygen atoms in total. The summed E-state index contributed by atoms with van der Waals surface area (Å²) < 4.78 is 64.6. The first kappa shape index (κ1) is 36.2. The van der Waals surface area contributed by atoms with Gasteiger partial charge in [-0.3, -0.25) is 28.4 Å². The van der Waals surface area contributed by atoms with Crippen LogP contribution in [0.5, 0.6) is 0 Å². The van der Waals surface area contributed by atoms with E-state index >= 15 is 0 Å². The number of hydrogen-bond donors (Lipinski definition) is 5. The maximum atomic E-state index is 13.2. The highest BCUT2D eigenvalue weighted by Gasteiger charge is 2.42. The van der Waals surface area contributed by atoms with Crippen molar-refractivity contribution in [3.05, 3.63) is 40.9 Å². The second-order valence-corrected chi connectivity index (χ2v) is 15.9. The molecule has 2 unspecified atom stereocenters. The van der Waals surface area contributed by atoms with Crippen LogP contribution in [0.1, 0.15) is 68.4 Å². The Morgan fingerprint density at radius 2 is 1.81 bits per heavy atom. The number of nitrogens with zero attached hydrogens (tertiary/aromatic N) is 2. The van der Waals surface area contributed by atoms with Crippen molar-refractivity contribution in [1.82, 2.24) is 10.3 Å². The fourth-order valence-electron chi connectivity index (χ4n) is 5.82. The Kier molecular flexibility index (Phi) is 11.3. The number of aliphatic carboxylic acids is 1. The van der Waals surface area contributed by atoms with Crippen molar-refractivity contribution in [2.75, 3.05) is 34.8 Å². The smallest absolute Gasteiger partial charge is 0.303 e. The van der Waals surface area contributed by atoms with Crippen LogP contribution < -0.4 is 15.5 Å². The number of carboxylic acid groups (broad SMARTS) is 1. The molecule has 2 amide bonds. The van der Waals surface area contributed by atoms with Crippen LogP contribution in [0.15, 0.2) is 29.6 Å². The van der Waals surface area contributed by atoms with E-state index in [2.05, 4.69) is 15.6 Å². The van der Waals surface area contributed by atoms with Gasteiger partial charge in [0.15, 0.2) is 0 Å². The topological polar surface area (TPSA) is 220 Å². The third kappa shape index (κ3) is 9.04. The fraction of sp³-hybridized carbons (Fsp3) is 0.467. The van der Waals surface area contributed by atoms with Crippen molar-refractivity contribution in [3.63, 3.8) is 0 Å². The van der Waals surface area contributed by atoms with E-state index in [1.807, 2.05) is 31.4 Å². The zero-order valence-electron chi connectivity index (χ0n) is 25.9. The first-order valence-corrected chi connectivity index (χ1v) is 19.1. The minimum Gasteiger partial charge on any atom is -0.481 e. The molecule has 0 spiro atoms. The van der Waals surface area contributed by atoms with Gasteiger partial charge in [0.05, 0.1) is 11.5 Å². The van der Waals surface area contributed by atoms with Crippen LogP contribution in [0.3, 0.4) is 0 Å². The zero-order valence-corrected chi connectivity index (χ0v) is 28.4. The summed E-state index contributed by atoms with van der Waals surface area (Å²) in [5, 5.41) is 17.7. The summed E-state index contributed by atoms with van der Waals surface area (Å²) in [6.07, 6.45) is 2.70. The Hall–Kier alpha value is -3.64. The molecule has 17 heteroatoms. The van der Waals surface area contributed by atoms with E-state index in [4.69, 9.17) is 9.66 Å². The van der Waals surface area contributed by atoms with E-state index in [-0.39, 0.29) is 49.2 Å². The van der Waals surface area contributed by atoms with Gasteiger partial charge in [-0.1, -0.05) is 13.3 Å². The number of rotatable bonds is 17. The number of carbonyl (C=O) groups excluding carboxylic acids is 2. The number of carboxylic acids is 1. The Bertz CT molecular complexity index is 1880. The molecule has 0 saturated carbocycles. The van der Waals surface area contributed by atoms with E-state index < -0.39 is 43.3 Å². The predicted octanol–water partition coefficient (Wildman–Crippen LogP) is 3.93. The Labute approximate surface area is 277 Å². The Balaban J connectivity index is 1.78. The summed E-state index contributed by atoms with van der Waals surface area (Å²) in [7, 11) is -8.47. The highest BCUT2D eigenvalue weighted by atomic mass is 32.2. The van der Waals surface area contributed by atoms with Gasteiger partial charge in [0.25, 0.3) is 26.1 Å². The van der Waals surface area contributed by atoms with Crippen molar-refractivity contribution in [3.8, 4) is 11.1 Å². The fourth-order valence-corrected chi connectivity index (χ4v) is 7.63. The molecule has 1 aliphatic rings. The largest absolute Gasteiger partial charge is 0.481 e. The van der Waals surface area contributed by atoms with E-state index in [0.717, 1.165) is 26.9 Å². The van der Waals surface area contributed by atoms with Crippen molar-refractivity contribution in [2.45, 2.75) is 63.8 Å². The number of nitrogens with one attached hydrogen (secondary N) is 2. The lowest BCUT2D eigenvalue weighted by molar-refractivity contribution is -0.137. The number of fused-ring (bicyclic) bond motifs is 3. The van der Waals surface area contributed by atoms with Crippen LogP contribution in [0.4, 0.5) is 11.5 Å². The van der Waals surface area contributed by atoms with Gasteiger partial charge in [-0.15, -0.1) is 11.3 Å². The van der Waals surface area contributed by atoms with Gasteiger partial charge in [0.1, 0.15) is 11.5 Å². The molecule has 0 aliphatic carbocycles. The number of pyridine rings is 1. The molecule has 0 saturated heterocycles. The lowest BCUT2D eigenvalue weighted by atomic mass is 9.75. The van der Waals surface area contributed by atoms with Crippen LogP contribution in [0.2, 0.25) is 0 Å². The molecule has 3 aromatic rings. The average molecular weight is 711 g/mol. The SMILES string of the molecule is CC1Nc2c(cc(-c3cc(C(=O)NCCS(=O)(=O)O)nc(N(C=O)CCCCCC(=O)O)c3)c3sccc23)C1(C)CCCS(=O)(=O)O. The van der Waals surface area contributed by atoms with Crippen LogP contribution in [-0.4, -0.2) is 85.0 Å². The van der Waals surface area contributed by atoms with Gasteiger partial charge < -0.3 is 15.7 Å². The van der Waals surface area contributed by atoms with E-state index in [9.17, 15) is 35.8 Å². The molecule has 47 heavy (non-hydrogen) atoms. The van der Waals surface area contributed by atoms with Crippen LogP contribution in [0.25, 0.3) is 21.2 Å². The summed E-state index contributed by atoms with van der Waals surface area (Å²) in [4.78, 5) is 42.0. The molecule has 2 aromatic heterocycles. The first-order valence-electron chi connectivity index (χ1n) is 15.0. The summed E-state index contributed by atoms with van der Waals surface area (Å²) >= 11 is 1.47. The zero-order chi connectivity index (χ0) is 34.6. The first-order chi connectivity index (χ1) is 22.0. The van der Waals surface area contributed by atoms with E-state index in [1.54, 1.807) is 6.07 Å². The Morgan fingerprint density at radius 1 is 1.09 bits per heavy atom. The van der Waals surface area contributed by atoms with Crippen molar-refractivity contribution >= 4 is 71.5 Å². The molecule has 1 aliphatic heterocycles. The summed E-state index contributed by atoms with van der Waals surface area (Å²) in [5.74, 6) is -2.56. The second-order valence-electron chi connectivity index (χ2n) is 11.8. The van der Waals surface area contributed by atoms with Gasteiger partial charge in [-0.05, 0) is 73.4 Å². The highest BCUT2D eigenvalue weighted by molar-refractivity contribution is 7.86. The minimum atomic E-state index is -4.33. The van der Waals surface area contributed by atoms with Gasteiger partial charge in [-0.2, -0.15) is 16.8 Å². The maximum Gasteiger partial charge on any atom is 0.303 e. The molecule has 0 radical (unpaired) electrons. The summed E-state index contributed by atoms with van der Waals surface area (Å²) in [6.45, 7) is 3.85. The number of aromatic nitrogens is 1. The number of carbonyl (C=O) groups is 3. The number of benzene rings is 1. The lowest BCUT2D eigenvalue weighted by Gasteiger charge is -2.30. The normalized spacial score (nSPS) is 17.7. The second kappa shape index (κ2) is 14.6. The monoisotopic (exact) mass is 710 g/mol. The highest BCUT2D eigenvalue weighted by Crippen LogP contribution is 2.51. The van der Waals surface area contributed by atoms with Crippen molar-refractivity contribution in [2.24, 2.45) is 0 Å². The number of thiophene rings is 1. The van der Waals surface area contributed by atoms with Crippen LogP contribution in [0, 0.1) is 0 Å². The molecule has 0 bridgehead atoms. The maximum absolute atomic E-state index is 13.2. The predicted molar refractivity (Wildman–Crippen MR) is 179 cm³/mol. The molecule has 2 atom stereocenters. The molecular weight excluding hydrogens is 673 g/mol. The van der Waals surface area contributed by atoms with Crippen LogP contribution >= 0.6 is 11.3 Å². The van der Waals surface area contributed by atoms with Crippen LogP contribution in [-0.2, 0) is 35.2 Å². The summed E-state index contributed by atoms with van der Waals surface area (Å²) in [6, 6.07) is 7.06. The minimum absolute atomic E-state index is 0.0000508.